The number of benzene rings is 2. The minimum absolute atomic E-state index is 0.227. The van der Waals surface area contributed by atoms with E-state index in [0.29, 0.717) is 0 Å². The number of nitrogens with one attached hydrogen (secondary N) is 1. The van der Waals surface area contributed by atoms with Crippen LogP contribution >= 0.6 is 0 Å². The molecule has 0 atom stereocenters. The van der Waals surface area contributed by atoms with Crippen LogP contribution in [0.15, 0.2) is 36.4 Å². The monoisotopic (exact) mass is 258 g/mol. The van der Waals surface area contributed by atoms with Crippen molar-refractivity contribution in [3.05, 3.63) is 42.0 Å². The molecule has 4 heteroatoms. The van der Waals surface area contributed by atoms with Crippen molar-refractivity contribution in [3.63, 3.8) is 0 Å². The second-order valence-corrected chi connectivity index (χ2v) is 4.44. The molecule has 0 aliphatic carbocycles. The summed E-state index contributed by atoms with van der Waals surface area (Å²) >= 11 is 0. The fourth-order valence-electron chi connectivity index (χ4n) is 2.00. The highest BCUT2D eigenvalue weighted by Crippen LogP contribution is 2.21. The fraction of sp³-hybridized carbons (Fsp3) is 0.267. The molecule has 1 amide bonds. The number of fused-ring (bicyclic) bond motifs is 1. The van der Waals surface area contributed by atoms with Crippen LogP contribution in [0.3, 0.4) is 0 Å². The van der Waals surface area contributed by atoms with E-state index in [2.05, 4.69) is 29.6 Å². The first-order valence-corrected chi connectivity index (χ1v) is 6.25. The minimum atomic E-state index is -0.328. The molecule has 0 heterocycles. The van der Waals surface area contributed by atoms with E-state index in [0.717, 1.165) is 24.1 Å². The molecular formula is C15H18N2O2. The number of carbonyl (C=O) groups excluding carboxylic acids is 1. The molecule has 0 aliphatic rings. The molecule has 3 N–H and O–H groups in total. The third-order valence-corrected chi connectivity index (χ3v) is 3.00. The molecule has 19 heavy (non-hydrogen) atoms. The van der Waals surface area contributed by atoms with E-state index in [1.165, 1.54) is 10.9 Å². The van der Waals surface area contributed by atoms with E-state index in [9.17, 15) is 4.79 Å². The number of amides is 1. The predicted molar refractivity (Wildman–Crippen MR) is 76.3 cm³/mol. The lowest BCUT2D eigenvalue weighted by atomic mass is 10.0. The molecule has 0 saturated carbocycles. The van der Waals surface area contributed by atoms with Gasteiger partial charge in [-0.15, -0.1) is 0 Å². The lowest BCUT2D eigenvalue weighted by Gasteiger charge is -2.06. The average molecular weight is 258 g/mol. The molecule has 0 aromatic heterocycles. The molecule has 2 rings (SSSR count). The first-order chi connectivity index (χ1) is 9.19. The van der Waals surface area contributed by atoms with Gasteiger partial charge in [-0.1, -0.05) is 24.3 Å². The normalized spacial score (nSPS) is 10.6. The molecule has 0 bridgehead atoms. The molecule has 2 aromatic carbocycles. The first-order valence-electron chi connectivity index (χ1n) is 6.25. The van der Waals surface area contributed by atoms with Crippen molar-refractivity contribution >= 4 is 16.7 Å². The zero-order valence-corrected chi connectivity index (χ0v) is 11.0. The van der Waals surface area contributed by atoms with Crippen LogP contribution in [0.5, 0.6) is 5.75 Å². The number of primary amides is 1. The van der Waals surface area contributed by atoms with Gasteiger partial charge in [0.25, 0.3) is 0 Å². The molecule has 0 radical (unpaired) electrons. The Balaban J connectivity index is 2.03. The van der Waals surface area contributed by atoms with Crippen molar-refractivity contribution < 1.29 is 9.53 Å². The number of ether oxygens (including phenoxy) is 1. The SMILES string of the molecule is COc1ccc2cc(CCNCC(N)=O)ccc2c1. The minimum Gasteiger partial charge on any atom is -0.497 e. The molecule has 2 aromatic rings. The van der Waals surface area contributed by atoms with Gasteiger partial charge in [-0.3, -0.25) is 4.79 Å². The van der Waals surface area contributed by atoms with E-state index >= 15 is 0 Å². The Bertz CT molecular complexity index is 581. The second-order valence-electron chi connectivity index (χ2n) is 4.44. The van der Waals surface area contributed by atoms with Crippen molar-refractivity contribution in [1.29, 1.82) is 0 Å². The van der Waals surface area contributed by atoms with Gasteiger partial charge in [0.1, 0.15) is 5.75 Å². The van der Waals surface area contributed by atoms with Crippen molar-refractivity contribution in [2.24, 2.45) is 5.73 Å². The van der Waals surface area contributed by atoms with Gasteiger partial charge in [0.15, 0.2) is 0 Å². The fourth-order valence-corrected chi connectivity index (χ4v) is 2.00. The molecule has 0 aliphatic heterocycles. The summed E-state index contributed by atoms with van der Waals surface area (Å²) in [5.74, 6) is 0.536. The van der Waals surface area contributed by atoms with Gasteiger partial charge in [-0.25, -0.2) is 0 Å². The smallest absolute Gasteiger partial charge is 0.231 e. The van der Waals surface area contributed by atoms with Gasteiger partial charge in [-0.2, -0.15) is 0 Å². The first kappa shape index (κ1) is 13.4. The molecule has 100 valence electrons. The Hall–Kier alpha value is -2.07. The van der Waals surface area contributed by atoms with Crippen LogP contribution in [-0.2, 0) is 11.2 Å². The second kappa shape index (κ2) is 6.20. The van der Waals surface area contributed by atoms with Gasteiger partial charge < -0.3 is 15.8 Å². The molecule has 0 fully saturated rings. The summed E-state index contributed by atoms with van der Waals surface area (Å²) < 4.78 is 5.20. The van der Waals surface area contributed by atoms with Crippen LogP contribution in [0.2, 0.25) is 0 Å². The highest BCUT2D eigenvalue weighted by Gasteiger charge is 1.99. The Morgan fingerprint density at radius 1 is 1.21 bits per heavy atom. The largest absolute Gasteiger partial charge is 0.497 e. The third kappa shape index (κ3) is 3.69. The maximum atomic E-state index is 10.6. The third-order valence-electron chi connectivity index (χ3n) is 3.00. The molecule has 0 saturated heterocycles. The highest BCUT2D eigenvalue weighted by atomic mass is 16.5. The summed E-state index contributed by atoms with van der Waals surface area (Å²) in [4.78, 5) is 10.6. The quantitative estimate of drug-likeness (QED) is 0.771. The predicted octanol–water partition coefficient (Wildman–Crippen LogP) is 1.47. The Morgan fingerprint density at radius 2 is 1.95 bits per heavy atom. The summed E-state index contributed by atoms with van der Waals surface area (Å²) in [6, 6.07) is 12.4. The summed E-state index contributed by atoms with van der Waals surface area (Å²) in [6.07, 6.45) is 0.870. The lowest BCUT2D eigenvalue weighted by Crippen LogP contribution is -2.29. The summed E-state index contributed by atoms with van der Waals surface area (Å²) in [7, 11) is 1.67. The maximum absolute atomic E-state index is 10.6. The Morgan fingerprint density at radius 3 is 2.68 bits per heavy atom. The maximum Gasteiger partial charge on any atom is 0.231 e. The van der Waals surface area contributed by atoms with Crippen LogP contribution in [0.4, 0.5) is 0 Å². The molecule has 4 nitrogen and oxygen atoms in total. The van der Waals surface area contributed by atoms with Crippen LogP contribution in [0.25, 0.3) is 10.8 Å². The van der Waals surface area contributed by atoms with Crippen molar-refractivity contribution in [2.45, 2.75) is 6.42 Å². The van der Waals surface area contributed by atoms with E-state index < -0.39 is 0 Å². The van der Waals surface area contributed by atoms with E-state index in [1.807, 2.05) is 12.1 Å². The summed E-state index contributed by atoms with van der Waals surface area (Å²) in [5.41, 5.74) is 6.29. The Labute approximate surface area is 112 Å². The standard InChI is InChI=1S/C15H18N2O2/c1-19-14-5-4-12-8-11(2-3-13(12)9-14)6-7-17-10-15(16)18/h2-5,8-9,17H,6-7,10H2,1H3,(H2,16,18). The average Bonchev–Trinajstić information content (AvgIpc) is 2.42. The molecule has 0 spiro atoms. The van der Waals surface area contributed by atoms with Crippen LogP contribution in [0, 0.1) is 0 Å². The van der Waals surface area contributed by atoms with Crippen molar-refractivity contribution in [2.75, 3.05) is 20.2 Å². The summed E-state index contributed by atoms with van der Waals surface area (Å²) in [6.45, 7) is 0.968. The van der Waals surface area contributed by atoms with Gasteiger partial charge >= 0.3 is 0 Å². The lowest BCUT2D eigenvalue weighted by molar-refractivity contribution is -0.117. The number of methoxy groups -OCH3 is 1. The van der Waals surface area contributed by atoms with E-state index in [4.69, 9.17) is 10.5 Å². The van der Waals surface area contributed by atoms with Crippen LogP contribution in [0.1, 0.15) is 5.56 Å². The number of rotatable bonds is 6. The summed E-state index contributed by atoms with van der Waals surface area (Å²) in [5, 5.41) is 5.35. The highest BCUT2D eigenvalue weighted by molar-refractivity contribution is 5.84. The zero-order valence-electron chi connectivity index (χ0n) is 11.0. The van der Waals surface area contributed by atoms with E-state index in [1.54, 1.807) is 7.11 Å². The number of carbonyl (C=O) groups is 1. The van der Waals surface area contributed by atoms with Gasteiger partial charge in [0.05, 0.1) is 13.7 Å². The van der Waals surface area contributed by atoms with Gasteiger partial charge in [0.2, 0.25) is 5.91 Å². The van der Waals surface area contributed by atoms with Crippen LogP contribution < -0.4 is 15.8 Å². The number of hydrogen-bond acceptors (Lipinski definition) is 3. The van der Waals surface area contributed by atoms with Crippen LogP contribution in [-0.4, -0.2) is 26.1 Å². The van der Waals surface area contributed by atoms with Crippen molar-refractivity contribution in [1.82, 2.24) is 5.32 Å². The molecular weight excluding hydrogens is 240 g/mol. The van der Waals surface area contributed by atoms with Gasteiger partial charge in [-0.05, 0) is 41.4 Å². The van der Waals surface area contributed by atoms with Crippen molar-refractivity contribution in [3.8, 4) is 5.75 Å². The molecule has 0 unspecified atom stereocenters. The topological polar surface area (TPSA) is 64.3 Å². The Kier molecular flexibility index (Phi) is 4.36. The van der Waals surface area contributed by atoms with E-state index in [-0.39, 0.29) is 12.5 Å². The van der Waals surface area contributed by atoms with Gasteiger partial charge in [0, 0.05) is 0 Å². The zero-order chi connectivity index (χ0) is 13.7. The number of nitrogens with two attached hydrogens (primary N) is 1. The number of hydrogen-bond donors (Lipinski definition) is 2.